The lowest BCUT2D eigenvalue weighted by atomic mass is 10.2. The van der Waals surface area contributed by atoms with E-state index in [9.17, 15) is 4.79 Å². The summed E-state index contributed by atoms with van der Waals surface area (Å²) in [6.07, 6.45) is 0.609. The predicted octanol–water partition coefficient (Wildman–Crippen LogP) is 3.25. The van der Waals surface area contributed by atoms with Crippen molar-refractivity contribution in [1.82, 2.24) is 14.9 Å². The lowest BCUT2D eigenvalue weighted by Gasteiger charge is -2.34. The number of carbonyl (C=O) groups excluding carboxylic acids is 1. The van der Waals surface area contributed by atoms with Crippen LogP contribution in [0.5, 0.6) is 5.75 Å². The fourth-order valence-corrected chi connectivity index (χ4v) is 4.00. The minimum absolute atomic E-state index is 0.125. The molecule has 1 amide bonds. The first-order valence-electron chi connectivity index (χ1n) is 11.8. The van der Waals surface area contributed by atoms with Crippen molar-refractivity contribution < 1.29 is 9.53 Å². The first-order chi connectivity index (χ1) is 17.0. The molecule has 3 aromatic rings. The van der Waals surface area contributed by atoms with Crippen molar-refractivity contribution in [2.45, 2.75) is 19.9 Å². The number of hydrogen-bond donors (Lipinski definition) is 3. The van der Waals surface area contributed by atoms with Crippen LogP contribution in [-0.4, -0.2) is 61.1 Å². The zero-order chi connectivity index (χ0) is 24.8. The minimum atomic E-state index is -0.620. The third kappa shape index (κ3) is 5.99. The quantitative estimate of drug-likeness (QED) is 0.433. The van der Waals surface area contributed by atoms with Crippen LogP contribution in [0, 0.1) is 0 Å². The number of likely N-dealkylation sites (N-methyl/N-ethyl adjacent to an activating group) is 1. The van der Waals surface area contributed by atoms with E-state index in [1.54, 1.807) is 7.11 Å². The first kappa shape index (κ1) is 24.3. The minimum Gasteiger partial charge on any atom is -0.497 e. The number of aryl methyl sites for hydroxylation is 1. The molecule has 0 saturated carbocycles. The lowest BCUT2D eigenvalue weighted by Crippen LogP contribution is -2.44. The van der Waals surface area contributed by atoms with Crippen molar-refractivity contribution >= 4 is 28.9 Å². The second-order valence-corrected chi connectivity index (χ2v) is 8.60. The lowest BCUT2D eigenvalue weighted by molar-refractivity contribution is 0.0996. The van der Waals surface area contributed by atoms with Crippen LogP contribution in [0.1, 0.15) is 28.7 Å². The third-order valence-corrected chi connectivity index (χ3v) is 6.15. The van der Waals surface area contributed by atoms with Crippen molar-refractivity contribution in [2.75, 3.05) is 55.9 Å². The summed E-state index contributed by atoms with van der Waals surface area (Å²) in [7, 11) is 3.79. The molecular formula is C26H33N7O2. The van der Waals surface area contributed by atoms with Gasteiger partial charge in [0.25, 0.3) is 5.91 Å². The predicted molar refractivity (Wildman–Crippen MR) is 140 cm³/mol. The molecule has 1 aliphatic heterocycles. The van der Waals surface area contributed by atoms with Gasteiger partial charge in [-0.05, 0) is 55.4 Å². The number of primary amides is 1. The fraction of sp³-hybridized carbons (Fsp3) is 0.346. The van der Waals surface area contributed by atoms with Gasteiger partial charge in [-0.2, -0.15) is 0 Å². The van der Waals surface area contributed by atoms with Crippen molar-refractivity contribution in [3.63, 3.8) is 0 Å². The molecule has 0 atom stereocenters. The van der Waals surface area contributed by atoms with E-state index in [4.69, 9.17) is 15.5 Å². The van der Waals surface area contributed by atoms with Gasteiger partial charge in [-0.25, -0.2) is 9.97 Å². The van der Waals surface area contributed by atoms with Crippen LogP contribution in [0.4, 0.5) is 23.0 Å². The Kier molecular flexibility index (Phi) is 7.67. The normalized spacial score (nSPS) is 14.0. The molecule has 1 saturated heterocycles. The average Bonchev–Trinajstić information content (AvgIpc) is 2.88. The van der Waals surface area contributed by atoms with Crippen molar-refractivity contribution in [1.29, 1.82) is 0 Å². The van der Waals surface area contributed by atoms with E-state index < -0.39 is 5.91 Å². The topological polar surface area (TPSA) is 109 Å². The maximum Gasteiger partial charge on any atom is 0.271 e. The third-order valence-electron chi connectivity index (χ3n) is 6.15. The Hall–Kier alpha value is -3.85. The number of amides is 1. The summed E-state index contributed by atoms with van der Waals surface area (Å²) in [5, 5.41) is 6.59. The van der Waals surface area contributed by atoms with E-state index in [1.165, 1.54) is 5.69 Å². The van der Waals surface area contributed by atoms with Gasteiger partial charge in [0.05, 0.1) is 12.8 Å². The Bertz CT molecular complexity index is 1140. The summed E-state index contributed by atoms with van der Waals surface area (Å²) in [4.78, 5) is 26.1. The molecule has 4 rings (SSSR count). The Morgan fingerprint density at radius 1 is 1.00 bits per heavy atom. The molecule has 4 N–H and O–H groups in total. The number of ether oxygens (including phenoxy) is 1. The van der Waals surface area contributed by atoms with Crippen LogP contribution in [0.2, 0.25) is 0 Å². The number of piperazine rings is 1. The molecule has 184 valence electrons. The number of rotatable bonds is 9. The van der Waals surface area contributed by atoms with Crippen LogP contribution in [0.15, 0.2) is 48.5 Å². The molecule has 9 nitrogen and oxygen atoms in total. The average molecular weight is 476 g/mol. The Morgan fingerprint density at radius 3 is 2.29 bits per heavy atom. The Morgan fingerprint density at radius 2 is 1.69 bits per heavy atom. The summed E-state index contributed by atoms with van der Waals surface area (Å²) in [5.41, 5.74) is 9.51. The molecule has 0 radical (unpaired) electrons. The van der Waals surface area contributed by atoms with Gasteiger partial charge in [0.2, 0.25) is 0 Å². The standard InChI is InChI=1S/C26H33N7O2/c1-4-22-25(28-17-18-5-11-21(35-3)12-6-18)31-26(23(30-22)24(27)34)29-19-7-9-20(10-8-19)33-15-13-32(2)14-16-33/h5-12H,4,13-17H2,1-3H3,(H2,27,34)(H2,28,29,31). The molecule has 0 aliphatic carbocycles. The zero-order valence-electron chi connectivity index (χ0n) is 20.5. The van der Waals surface area contributed by atoms with E-state index >= 15 is 0 Å². The van der Waals surface area contributed by atoms with Crippen molar-refractivity contribution in [2.24, 2.45) is 5.73 Å². The number of nitrogens with one attached hydrogen (secondary N) is 2. The van der Waals surface area contributed by atoms with Gasteiger partial charge in [0.15, 0.2) is 17.3 Å². The van der Waals surface area contributed by atoms with E-state index in [1.807, 2.05) is 43.3 Å². The highest BCUT2D eigenvalue weighted by Gasteiger charge is 2.18. The van der Waals surface area contributed by atoms with E-state index in [-0.39, 0.29) is 5.69 Å². The number of hydrogen-bond acceptors (Lipinski definition) is 8. The summed E-state index contributed by atoms with van der Waals surface area (Å²) in [6, 6.07) is 15.9. The molecule has 1 fully saturated rings. The van der Waals surface area contributed by atoms with Gasteiger partial charge in [-0.15, -0.1) is 0 Å². The number of nitrogens with two attached hydrogens (primary N) is 1. The molecular weight excluding hydrogens is 442 g/mol. The monoisotopic (exact) mass is 475 g/mol. The highest BCUT2D eigenvalue weighted by atomic mass is 16.5. The first-order valence-corrected chi connectivity index (χ1v) is 11.8. The van der Waals surface area contributed by atoms with Gasteiger partial charge in [-0.3, -0.25) is 4.79 Å². The largest absolute Gasteiger partial charge is 0.497 e. The van der Waals surface area contributed by atoms with Gasteiger partial charge in [0.1, 0.15) is 5.75 Å². The molecule has 9 heteroatoms. The molecule has 2 heterocycles. The van der Waals surface area contributed by atoms with Gasteiger partial charge in [0, 0.05) is 44.1 Å². The smallest absolute Gasteiger partial charge is 0.271 e. The molecule has 1 aliphatic rings. The van der Waals surface area contributed by atoms with Crippen LogP contribution in [0.3, 0.4) is 0 Å². The number of anilines is 4. The van der Waals surface area contributed by atoms with E-state index in [0.29, 0.717) is 30.3 Å². The highest BCUT2D eigenvalue weighted by Crippen LogP contribution is 2.25. The second kappa shape index (κ2) is 11.1. The molecule has 35 heavy (non-hydrogen) atoms. The molecule has 1 aromatic heterocycles. The van der Waals surface area contributed by atoms with Crippen LogP contribution in [0.25, 0.3) is 0 Å². The number of carbonyl (C=O) groups is 1. The summed E-state index contributed by atoms with van der Waals surface area (Å²) in [6.45, 7) is 6.63. The maximum atomic E-state index is 12.2. The maximum absolute atomic E-state index is 12.2. The molecule has 0 unspecified atom stereocenters. The summed E-state index contributed by atoms with van der Waals surface area (Å²) < 4.78 is 5.22. The fourth-order valence-electron chi connectivity index (χ4n) is 4.00. The molecule has 0 bridgehead atoms. The SMILES string of the molecule is CCc1nc(C(N)=O)c(Nc2ccc(N3CCN(C)CC3)cc2)nc1NCc1ccc(OC)cc1. The van der Waals surface area contributed by atoms with Crippen molar-refractivity contribution in [3.05, 3.63) is 65.5 Å². The molecule has 2 aromatic carbocycles. The van der Waals surface area contributed by atoms with Crippen LogP contribution in [-0.2, 0) is 13.0 Å². The zero-order valence-corrected chi connectivity index (χ0v) is 20.5. The number of nitrogens with zero attached hydrogens (tertiary/aromatic N) is 4. The number of methoxy groups -OCH3 is 1. The second-order valence-electron chi connectivity index (χ2n) is 8.60. The van der Waals surface area contributed by atoms with Gasteiger partial charge < -0.3 is 30.9 Å². The van der Waals surface area contributed by atoms with Gasteiger partial charge in [-0.1, -0.05) is 19.1 Å². The number of benzene rings is 2. The number of aromatic nitrogens is 2. The molecule has 0 spiro atoms. The summed E-state index contributed by atoms with van der Waals surface area (Å²) >= 11 is 0. The Labute approximate surface area is 206 Å². The van der Waals surface area contributed by atoms with Gasteiger partial charge >= 0.3 is 0 Å². The van der Waals surface area contributed by atoms with Crippen LogP contribution >= 0.6 is 0 Å². The van der Waals surface area contributed by atoms with E-state index in [2.05, 4.69) is 44.6 Å². The Balaban J connectivity index is 1.53. The summed E-state index contributed by atoms with van der Waals surface area (Å²) in [5.74, 6) is 1.13. The van der Waals surface area contributed by atoms with Crippen LogP contribution < -0.4 is 26.0 Å². The van der Waals surface area contributed by atoms with Crippen molar-refractivity contribution in [3.8, 4) is 5.75 Å². The highest BCUT2D eigenvalue weighted by molar-refractivity contribution is 5.96. The van der Waals surface area contributed by atoms with E-state index in [0.717, 1.165) is 43.2 Å².